The molecule has 3 heteroatoms. The third-order valence-electron chi connectivity index (χ3n) is 4.57. The van der Waals surface area contributed by atoms with Crippen molar-refractivity contribution in [3.63, 3.8) is 0 Å². The van der Waals surface area contributed by atoms with Crippen LogP contribution in [0.4, 0.5) is 0 Å². The Bertz CT molecular complexity index is 875. The molecule has 0 fully saturated rings. The molecule has 0 saturated heterocycles. The van der Waals surface area contributed by atoms with Crippen LogP contribution in [0.2, 0.25) is 0 Å². The average molecular weight is 335 g/mol. The Morgan fingerprint density at radius 1 is 1.08 bits per heavy atom. The van der Waals surface area contributed by atoms with Crippen molar-refractivity contribution < 1.29 is 9.53 Å². The minimum Gasteiger partial charge on any atom is -0.494 e. The molecule has 0 aliphatic heterocycles. The van der Waals surface area contributed by atoms with Gasteiger partial charge < -0.3 is 4.74 Å². The molecule has 1 heterocycles. The smallest absolute Gasteiger partial charge is 0.262 e. The molecule has 0 radical (unpaired) electrons. The molecule has 3 nitrogen and oxygen atoms in total. The summed E-state index contributed by atoms with van der Waals surface area (Å²) >= 11 is 0. The number of fused-ring (bicyclic) bond motifs is 1. The van der Waals surface area contributed by atoms with E-state index in [0.717, 1.165) is 41.6 Å². The highest BCUT2D eigenvalue weighted by Gasteiger charge is 2.16. The Hall–Kier alpha value is -2.55. The topological polar surface area (TPSA) is 31.2 Å². The van der Waals surface area contributed by atoms with Gasteiger partial charge in [0.2, 0.25) is 0 Å². The number of benzene rings is 2. The zero-order valence-corrected chi connectivity index (χ0v) is 15.2. The Labute approximate surface area is 149 Å². The van der Waals surface area contributed by atoms with Crippen LogP contribution in [0.3, 0.4) is 0 Å². The monoisotopic (exact) mass is 335 g/mol. The molecule has 0 bridgehead atoms. The molecule has 3 rings (SSSR count). The summed E-state index contributed by atoms with van der Waals surface area (Å²) in [6.45, 7) is 6.98. The van der Waals surface area contributed by atoms with Crippen LogP contribution >= 0.6 is 0 Å². The van der Waals surface area contributed by atoms with Crippen LogP contribution in [0.15, 0.2) is 48.5 Å². The number of rotatable bonds is 6. The number of carbonyl (C=O) groups excluding carboxylic acids is 1. The van der Waals surface area contributed by atoms with Crippen molar-refractivity contribution in [2.75, 3.05) is 6.61 Å². The molecule has 0 saturated carbocycles. The minimum atomic E-state index is 0.000797. The van der Waals surface area contributed by atoms with E-state index in [1.165, 1.54) is 5.56 Å². The molecular formula is C22H25NO2. The highest BCUT2D eigenvalue weighted by molar-refractivity contribution is 6.03. The number of aryl methyl sites for hydroxylation is 2. The first kappa shape index (κ1) is 17.3. The summed E-state index contributed by atoms with van der Waals surface area (Å²) in [6.07, 6.45) is 3.10. The Kier molecular flexibility index (Phi) is 5.22. The molecule has 25 heavy (non-hydrogen) atoms. The maximum absolute atomic E-state index is 13.0. The molecule has 0 aliphatic carbocycles. The lowest BCUT2D eigenvalue weighted by atomic mass is 10.1. The summed E-state index contributed by atoms with van der Waals surface area (Å²) in [5.41, 5.74) is 3.88. The number of carbonyl (C=O) groups is 1. The van der Waals surface area contributed by atoms with Crippen molar-refractivity contribution in [3.8, 4) is 5.75 Å². The van der Waals surface area contributed by atoms with Crippen LogP contribution in [-0.4, -0.2) is 17.1 Å². The van der Waals surface area contributed by atoms with Gasteiger partial charge in [0, 0.05) is 16.6 Å². The number of unbranched alkanes of at least 4 members (excludes halogenated alkanes) is 1. The third-order valence-corrected chi connectivity index (χ3v) is 4.57. The summed E-state index contributed by atoms with van der Waals surface area (Å²) in [5.74, 6) is 0.813. The van der Waals surface area contributed by atoms with Gasteiger partial charge in [-0.25, -0.2) is 0 Å². The van der Waals surface area contributed by atoms with Crippen molar-refractivity contribution in [1.29, 1.82) is 0 Å². The summed E-state index contributed by atoms with van der Waals surface area (Å²) < 4.78 is 7.48. The van der Waals surface area contributed by atoms with E-state index in [1.54, 1.807) is 4.57 Å². The highest BCUT2D eigenvalue weighted by atomic mass is 16.5. The lowest BCUT2D eigenvalue weighted by Gasteiger charge is -2.09. The van der Waals surface area contributed by atoms with Gasteiger partial charge in [-0.1, -0.05) is 32.4 Å². The van der Waals surface area contributed by atoms with Gasteiger partial charge in [-0.3, -0.25) is 9.36 Å². The van der Waals surface area contributed by atoms with E-state index < -0.39 is 0 Å². The van der Waals surface area contributed by atoms with Crippen LogP contribution < -0.4 is 4.74 Å². The van der Waals surface area contributed by atoms with Gasteiger partial charge in [0.25, 0.3) is 5.91 Å². The Morgan fingerprint density at radius 3 is 2.52 bits per heavy atom. The average Bonchev–Trinajstić information content (AvgIpc) is 2.97. The van der Waals surface area contributed by atoms with E-state index >= 15 is 0 Å². The fourth-order valence-corrected chi connectivity index (χ4v) is 3.16. The molecule has 0 spiro atoms. The highest BCUT2D eigenvalue weighted by Crippen LogP contribution is 2.25. The zero-order valence-electron chi connectivity index (χ0n) is 15.2. The van der Waals surface area contributed by atoms with Crippen LogP contribution in [-0.2, 0) is 6.42 Å². The standard InChI is InChI=1S/C22H25NO2/c1-4-6-14-25-19-12-10-18(11-13-19)22(24)23-16(3)15-20-17(5-2)8-7-9-21(20)23/h7-13,15H,4-6,14H2,1-3H3. The zero-order chi connectivity index (χ0) is 17.8. The van der Waals surface area contributed by atoms with Crippen molar-refractivity contribution in [1.82, 2.24) is 4.57 Å². The molecule has 2 aromatic carbocycles. The largest absolute Gasteiger partial charge is 0.494 e. The number of ether oxygens (including phenoxy) is 1. The molecule has 1 aromatic heterocycles. The lowest BCUT2D eigenvalue weighted by Crippen LogP contribution is -2.13. The number of hydrogen-bond donors (Lipinski definition) is 0. The summed E-state index contributed by atoms with van der Waals surface area (Å²) in [7, 11) is 0. The molecular weight excluding hydrogens is 310 g/mol. The molecule has 0 N–H and O–H groups in total. The SMILES string of the molecule is CCCCOc1ccc(C(=O)n2c(C)cc3c(CC)cccc32)cc1. The molecule has 0 aliphatic rings. The summed E-state index contributed by atoms with van der Waals surface area (Å²) in [4.78, 5) is 13.0. The molecule has 130 valence electrons. The molecule has 0 unspecified atom stereocenters. The number of hydrogen-bond acceptors (Lipinski definition) is 2. The van der Waals surface area contributed by atoms with E-state index in [0.29, 0.717) is 12.2 Å². The maximum atomic E-state index is 13.0. The van der Waals surface area contributed by atoms with E-state index in [1.807, 2.05) is 43.3 Å². The number of nitrogens with zero attached hydrogens (tertiary/aromatic N) is 1. The van der Waals surface area contributed by atoms with E-state index in [-0.39, 0.29) is 5.91 Å². The summed E-state index contributed by atoms with van der Waals surface area (Å²) in [6, 6.07) is 15.7. The van der Waals surface area contributed by atoms with Crippen LogP contribution in [0.25, 0.3) is 10.9 Å². The normalized spacial score (nSPS) is 11.0. The van der Waals surface area contributed by atoms with Gasteiger partial charge in [-0.2, -0.15) is 0 Å². The van der Waals surface area contributed by atoms with Crippen LogP contribution in [0.1, 0.15) is 48.3 Å². The van der Waals surface area contributed by atoms with E-state index in [2.05, 4.69) is 26.0 Å². The van der Waals surface area contributed by atoms with Gasteiger partial charge in [0.1, 0.15) is 5.75 Å². The second-order valence-corrected chi connectivity index (χ2v) is 6.36. The lowest BCUT2D eigenvalue weighted by molar-refractivity contribution is 0.0963. The van der Waals surface area contributed by atoms with Gasteiger partial charge >= 0.3 is 0 Å². The Morgan fingerprint density at radius 2 is 1.84 bits per heavy atom. The first-order valence-electron chi connectivity index (χ1n) is 9.03. The second kappa shape index (κ2) is 7.56. The van der Waals surface area contributed by atoms with Gasteiger partial charge in [0.05, 0.1) is 12.1 Å². The van der Waals surface area contributed by atoms with E-state index in [9.17, 15) is 4.79 Å². The van der Waals surface area contributed by atoms with E-state index in [4.69, 9.17) is 4.74 Å². The quantitative estimate of drug-likeness (QED) is 0.566. The fraction of sp³-hybridized carbons (Fsp3) is 0.318. The third kappa shape index (κ3) is 3.46. The molecule has 3 aromatic rings. The van der Waals surface area contributed by atoms with Crippen LogP contribution in [0, 0.1) is 6.92 Å². The fourth-order valence-electron chi connectivity index (χ4n) is 3.16. The summed E-state index contributed by atoms with van der Waals surface area (Å²) in [5, 5.41) is 1.16. The second-order valence-electron chi connectivity index (χ2n) is 6.36. The minimum absolute atomic E-state index is 0.000797. The predicted octanol–water partition coefficient (Wildman–Crippen LogP) is 5.38. The Balaban J connectivity index is 1.91. The molecule has 0 atom stereocenters. The van der Waals surface area contributed by atoms with Crippen LogP contribution in [0.5, 0.6) is 5.75 Å². The maximum Gasteiger partial charge on any atom is 0.262 e. The first-order valence-corrected chi connectivity index (χ1v) is 9.03. The van der Waals surface area contributed by atoms with Gasteiger partial charge in [-0.15, -0.1) is 0 Å². The van der Waals surface area contributed by atoms with Gasteiger partial charge in [0.15, 0.2) is 0 Å². The van der Waals surface area contributed by atoms with Gasteiger partial charge in [-0.05, 0) is 61.7 Å². The van der Waals surface area contributed by atoms with Crippen molar-refractivity contribution in [2.24, 2.45) is 0 Å². The van der Waals surface area contributed by atoms with Crippen molar-refractivity contribution in [2.45, 2.75) is 40.0 Å². The number of aromatic nitrogens is 1. The molecule has 0 amide bonds. The predicted molar refractivity (Wildman–Crippen MR) is 103 cm³/mol. The van der Waals surface area contributed by atoms with Crippen molar-refractivity contribution >= 4 is 16.8 Å². The first-order chi connectivity index (χ1) is 12.2. The van der Waals surface area contributed by atoms with Crippen molar-refractivity contribution in [3.05, 3.63) is 65.4 Å².